The van der Waals surface area contributed by atoms with Crippen LogP contribution in [0.15, 0.2) is 63.9 Å². The first-order valence-corrected chi connectivity index (χ1v) is 10.2. The van der Waals surface area contributed by atoms with E-state index in [0.29, 0.717) is 16.4 Å². The minimum absolute atomic E-state index is 0.222. The van der Waals surface area contributed by atoms with Gasteiger partial charge in [0, 0.05) is 30.6 Å². The van der Waals surface area contributed by atoms with Crippen LogP contribution >= 0.6 is 11.3 Å². The molecule has 0 aliphatic heterocycles. The minimum Gasteiger partial charge on any atom is -0.253 e. The third-order valence-corrected chi connectivity index (χ3v) is 6.28. The molecule has 140 valence electrons. The van der Waals surface area contributed by atoms with Crippen LogP contribution in [0.4, 0.5) is 9.52 Å². The highest BCUT2D eigenvalue weighted by molar-refractivity contribution is 7.89. The second-order valence-electron chi connectivity index (χ2n) is 5.74. The van der Waals surface area contributed by atoms with Gasteiger partial charge >= 0.3 is 0 Å². The number of thiazole rings is 1. The van der Waals surface area contributed by atoms with Crippen LogP contribution < -0.4 is 5.43 Å². The van der Waals surface area contributed by atoms with E-state index in [9.17, 15) is 12.8 Å². The molecule has 0 aliphatic carbocycles. The zero-order chi connectivity index (χ0) is 19.4. The Morgan fingerprint density at radius 1 is 1.15 bits per heavy atom. The van der Waals surface area contributed by atoms with E-state index in [4.69, 9.17) is 0 Å². The molecule has 0 atom stereocenters. The SMILES string of the molecule is CN(C)S(=O)(=O)c1ccc(-c2csc(N/N=C\c3ccccc3F)n2)cc1. The van der Waals surface area contributed by atoms with E-state index in [-0.39, 0.29) is 10.7 Å². The number of nitrogens with zero attached hydrogens (tertiary/aromatic N) is 3. The summed E-state index contributed by atoms with van der Waals surface area (Å²) in [6.07, 6.45) is 1.39. The zero-order valence-corrected chi connectivity index (χ0v) is 16.3. The van der Waals surface area contributed by atoms with Crippen LogP contribution in [0.1, 0.15) is 5.56 Å². The molecular weight excluding hydrogens is 387 g/mol. The number of nitrogens with one attached hydrogen (secondary N) is 1. The van der Waals surface area contributed by atoms with Gasteiger partial charge in [-0.2, -0.15) is 5.10 Å². The zero-order valence-electron chi connectivity index (χ0n) is 14.6. The van der Waals surface area contributed by atoms with Crippen molar-refractivity contribution in [1.29, 1.82) is 0 Å². The highest BCUT2D eigenvalue weighted by Gasteiger charge is 2.17. The number of rotatable bonds is 6. The molecule has 9 heteroatoms. The Morgan fingerprint density at radius 3 is 2.52 bits per heavy atom. The van der Waals surface area contributed by atoms with Gasteiger partial charge in [0.25, 0.3) is 0 Å². The Morgan fingerprint density at radius 2 is 1.85 bits per heavy atom. The van der Waals surface area contributed by atoms with E-state index < -0.39 is 10.0 Å². The molecule has 0 radical (unpaired) electrons. The number of benzene rings is 2. The number of halogens is 1. The first-order valence-electron chi connectivity index (χ1n) is 7.90. The van der Waals surface area contributed by atoms with Gasteiger partial charge in [-0.3, -0.25) is 5.43 Å². The molecule has 3 aromatic rings. The molecule has 2 aromatic carbocycles. The van der Waals surface area contributed by atoms with Crippen LogP contribution in [0.5, 0.6) is 0 Å². The van der Waals surface area contributed by atoms with Gasteiger partial charge in [-0.05, 0) is 18.2 Å². The molecule has 1 N–H and O–H groups in total. The number of sulfonamides is 1. The first-order chi connectivity index (χ1) is 12.9. The Hall–Kier alpha value is -2.62. The summed E-state index contributed by atoms with van der Waals surface area (Å²) in [5.41, 5.74) is 4.62. The normalized spacial score (nSPS) is 12.0. The molecule has 0 saturated carbocycles. The van der Waals surface area contributed by atoms with E-state index in [1.807, 2.05) is 5.38 Å². The maximum atomic E-state index is 13.5. The summed E-state index contributed by atoms with van der Waals surface area (Å²) in [6.45, 7) is 0. The van der Waals surface area contributed by atoms with Crippen molar-refractivity contribution < 1.29 is 12.8 Å². The summed E-state index contributed by atoms with van der Waals surface area (Å²) in [6, 6.07) is 12.8. The van der Waals surface area contributed by atoms with Crippen LogP contribution in [-0.4, -0.2) is 38.0 Å². The standard InChI is InChI=1S/C18H17FN4O2S2/c1-23(2)27(24,25)15-9-7-13(8-10-15)17-12-26-18(21-17)22-20-11-14-5-3-4-6-16(14)19/h3-12H,1-2H3,(H,21,22)/b20-11-. The molecule has 0 spiro atoms. The average Bonchev–Trinajstić information content (AvgIpc) is 3.12. The fourth-order valence-corrected chi connectivity index (χ4v) is 3.77. The highest BCUT2D eigenvalue weighted by Crippen LogP contribution is 2.26. The van der Waals surface area contributed by atoms with Crippen molar-refractivity contribution in [3.8, 4) is 11.3 Å². The van der Waals surface area contributed by atoms with Crippen molar-refractivity contribution >= 4 is 32.7 Å². The summed E-state index contributed by atoms with van der Waals surface area (Å²) in [4.78, 5) is 4.62. The van der Waals surface area contributed by atoms with Gasteiger partial charge in [0.2, 0.25) is 15.2 Å². The van der Waals surface area contributed by atoms with Gasteiger partial charge in [0.1, 0.15) is 5.82 Å². The lowest BCUT2D eigenvalue weighted by Gasteiger charge is -2.11. The second-order valence-corrected chi connectivity index (χ2v) is 8.75. The van der Waals surface area contributed by atoms with Gasteiger partial charge < -0.3 is 0 Å². The maximum absolute atomic E-state index is 13.5. The van der Waals surface area contributed by atoms with Gasteiger partial charge in [-0.25, -0.2) is 22.1 Å². The van der Waals surface area contributed by atoms with Crippen molar-refractivity contribution in [3.05, 3.63) is 65.3 Å². The smallest absolute Gasteiger partial charge is 0.242 e. The number of hydrogen-bond acceptors (Lipinski definition) is 6. The second kappa shape index (κ2) is 7.95. The van der Waals surface area contributed by atoms with Crippen molar-refractivity contribution in [3.63, 3.8) is 0 Å². The monoisotopic (exact) mass is 404 g/mol. The molecule has 0 unspecified atom stereocenters. The molecule has 27 heavy (non-hydrogen) atoms. The number of hydrogen-bond donors (Lipinski definition) is 1. The third kappa shape index (κ3) is 4.38. The van der Waals surface area contributed by atoms with E-state index in [0.717, 1.165) is 5.56 Å². The van der Waals surface area contributed by atoms with Crippen LogP contribution in [0.25, 0.3) is 11.3 Å². The van der Waals surface area contributed by atoms with Gasteiger partial charge in [-0.1, -0.05) is 30.3 Å². The molecule has 0 amide bonds. The predicted molar refractivity (Wildman–Crippen MR) is 106 cm³/mol. The summed E-state index contributed by atoms with van der Waals surface area (Å²) in [5, 5.41) is 6.37. The van der Waals surface area contributed by atoms with E-state index in [1.165, 1.54) is 42.0 Å². The van der Waals surface area contributed by atoms with Crippen LogP contribution in [0.2, 0.25) is 0 Å². The lowest BCUT2D eigenvalue weighted by molar-refractivity contribution is 0.521. The number of hydrazone groups is 1. The Balaban J connectivity index is 1.71. The highest BCUT2D eigenvalue weighted by atomic mass is 32.2. The molecule has 0 aliphatic rings. The summed E-state index contributed by atoms with van der Waals surface area (Å²) >= 11 is 1.34. The van der Waals surface area contributed by atoms with Crippen molar-refractivity contribution in [2.45, 2.75) is 4.90 Å². The van der Waals surface area contributed by atoms with E-state index in [2.05, 4.69) is 15.5 Å². The fraction of sp³-hybridized carbons (Fsp3) is 0.111. The molecular formula is C18H17FN4O2S2. The molecule has 0 saturated heterocycles. The molecule has 0 fully saturated rings. The van der Waals surface area contributed by atoms with Gasteiger partial charge in [0.15, 0.2) is 0 Å². The first kappa shape index (κ1) is 19.2. The molecule has 3 rings (SSSR count). The molecule has 6 nitrogen and oxygen atoms in total. The summed E-state index contributed by atoms with van der Waals surface area (Å²) in [7, 11) is -0.480. The Labute approximate surface area is 161 Å². The third-order valence-electron chi connectivity index (χ3n) is 3.70. The number of anilines is 1. The molecule has 1 heterocycles. The average molecular weight is 404 g/mol. The minimum atomic E-state index is -3.46. The summed E-state index contributed by atoms with van der Waals surface area (Å²) in [5.74, 6) is -0.351. The Kier molecular flexibility index (Phi) is 5.64. The van der Waals surface area contributed by atoms with Crippen molar-refractivity contribution in [2.75, 3.05) is 19.5 Å². The number of aromatic nitrogens is 1. The topological polar surface area (TPSA) is 74.7 Å². The van der Waals surface area contributed by atoms with Crippen molar-refractivity contribution in [1.82, 2.24) is 9.29 Å². The molecule has 1 aromatic heterocycles. The van der Waals surface area contributed by atoms with Crippen LogP contribution in [0, 0.1) is 5.82 Å². The largest absolute Gasteiger partial charge is 0.253 e. The lowest BCUT2D eigenvalue weighted by Crippen LogP contribution is -2.22. The van der Waals surface area contributed by atoms with E-state index >= 15 is 0 Å². The van der Waals surface area contributed by atoms with Gasteiger partial charge in [0.05, 0.1) is 16.8 Å². The summed E-state index contributed by atoms with van der Waals surface area (Å²) < 4.78 is 38.9. The van der Waals surface area contributed by atoms with Gasteiger partial charge in [-0.15, -0.1) is 11.3 Å². The molecule has 0 bridgehead atoms. The van der Waals surface area contributed by atoms with E-state index in [1.54, 1.807) is 42.5 Å². The predicted octanol–water partition coefficient (Wildman–Crippen LogP) is 3.65. The van der Waals surface area contributed by atoms with Crippen molar-refractivity contribution in [2.24, 2.45) is 5.10 Å². The lowest BCUT2D eigenvalue weighted by atomic mass is 10.2. The van der Waals surface area contributed by atoms with Crippen LogP contribution in [-0.2, 0) is 10.0 Å². The van der Waals surface area contributed by atoms with Crippen LogP contribution in [0.3, 0.4) is 0 Å². The fourth-order valence-electron chi connectivity index (χ4n) is 2.20. The Bertz CT molecular complexity index is 1060. The quantitative estimate of drug-likeness (QED) is 0.503. The maximum Gasteiger partial charge on any atom is 0.242 e.